The lowest BCUT2D eigenvalue weighted by Gasteiger charge is -2.17. The number of carbonyl (C=O) groups excluding carboxylic acids is 1. The van der Waals surface area contributed by atoms with Crippen LogP contribution in [0.1, 0.15) is 28.9 Å². The summed E-state index contributed by atoms with van der Waals surface area (Å²) in [5, 5.41) is 4.67. The zero-order valence-corrected chi connectivity index (χ0v) is 17.0. The molecule has 150 valence electrons. The van der Waals surface area contributed by atoms with E-state index in [1.807, 2.05) is 67.2 Å². The van der Waals surface area contributed by atoms with Crippen LogP contribution in [-0.2, 0) is 17.8 Å². The minimum absolute atomic E-state index is 0.105. The zero-order chi connectivity index (χ0) is 20.4. The molecule has 0 spiro atoms. The molecule has 0 radical (unpaired) electrons. The number of amides is 1. The lowest BCUT2D eigenvalue weighted by Crippen LogP contribution is -2.26. The van der Waals surface area contributed by atoms with Crippen molar-refractivity contribution in [3.05, 3.63) is 71.0 Å². The molecule has 2 aromatic carbocycles. The second kappa shape index (κ2) is 7.99. The van der Waals surface area contributed by atoms with E-state index in [4.69, 9.17) is 9.47 Å². The molecule has 1 aliphatic rings. The quantitative estimate of drug-likeness (QED) is 0.641. The molecule has 29 heavy (non-hydrogen) atoms. The maximum Gasteiger partial charge on any atom is 0.231 e. The van der Waals surface area contributed by atoms with Crippen LogP contribution in [0.25, 0.3) is 5.69 Å². The van der Waals surface area contributed by atoms with Gasteiger partial charge in [-0.3, -0.25) is 4.79 Å². The molecule has 0 fully saturated rings. The number of aryl methyl sites for hydroxylation is 1. The fourth-order valence-corrected chi connectivity index (χ4v) is 3.68. The van der Waals surface area contributed by atoms with Gasteiger partial charge in [0.15, 0.2) is 11.5 Å². The van der Waals surface area contributed by atoms with Crippen molar-refractivity contribution in [3.8, 4) is 17.2 Å². The van der Waals surface area contributed by atoms with Crippen LogP contribution in [0.5, 0.6) is 11.5 Å². The minimum Gasteiger partial charge on any atom is -0.454 e. The molecule has 0 aliphatic carbocycles. The maximum atomic E-state index is 12.7. The van der Waals surface area contributed by atoms with Gasteiger partial charge in [0.05, 0.1) is 11.4 Å². The third kappa shape index (κ3) is 3.97. The van der Waals surface area contributed by atoms with Gasteiger partial charge in [-0.2, -0.15) is 5.10 Å². The van der Waals surface area contributed by atoms with Gasteiger partial charge < -0.3 is 14.4 Å². The molecule has 0 saturated carbocycles. The van der Waals surface area contributed by atoms with Crippen LogP contribution in [0.15, 0.2) is 48.5 Å². The van der Waals surface area contributed by atoms with Gasteiger partial charge in [0.2, 0.25) is 12.7 Å². The summed E-state index contributed by atoms with van der Waals surface area (Å²) in [5.74, 6) is 1.60. The Morgan fingerprint density at radius 3 is 2.66 bits per heavy atom. The number of hydrogen-bond donors (Lipinski definition) is 0. The highest BCUT2D eigenvalue weighted by Crippen LogP contribution is 2.32. The molecule has 6 nitrogen and oxygen atoms in total. The average Bonchev–Trinajstić information content (AvgIpc) is 3.30. The Kier molecular flexibility index (Phi) is 5.25. The van der Waals surface area contributed by atoms with E-state index in [-0.39, 0.29) is 12.7 Å². The Morgan fingerprint density at radius 2 is 1.86 bits per heavy atom. The molecule has 0 saturated heterocycles. The smallest absolute Gasteiger partial charge is 0.231 e. The summed E-state index contributed by atoms with van der Waals surface area (Å²) in [6.45, 7) is 4.85. The first-order valence-electron chi connectivity index (χ1n) is 9.76. The molecule has 3 aromatic rings. The number of ether oxygens (including phenoxy) is 2. The van der Waals surface area contributed by atoms with Gasteiger partial charge in [0.1, 0.15) is 0 Å². The van der Waals surface area contributed by atoms with E-state index >= 15 is 0 Å². The highest BCUT2D eigenvalue weighted by atomic mass is 16.7. The van der Waals surface area contributed by atoms with Crippen LogP contribution in [0.3, 0.4) is 0 Å². The monoisotopic (exact) mass is 391 g/mol. The molecule has 0 unspecified atom stereocenters. The molecule has 1 aliphatic heterocycles. The number of aromatic nitrogens is 2. The van der Waals surface area contributed by atoms with E-state index in [1.165, 1.54) is 0 Å². The third-order valence-corrected chi connectivity index (χ3v) is 5.31. The Hall–Kier alpha value is -3.28. The summed E-state index contributed by atoms with van der Waals surface area (Å²) < 4.78 is 12.7. The summed E-state index contributed by atoms with van der Waals surface area (Å²) in [6.07, 6.45) is 1.12. The van der Waals surface area contributed by atoms with Gasteiger partial charge in [0.25, 0.3) is 0 Å². The first-order valence-corrected chi connectivity index (χ1v) is 9.76. The van der Waals surface area contributed by atoms with Crippen LogP contribution in [-0.4, -0.2) is 34.4 Å². The molecule has 1 aromatic heterocycles. The third-order valence-electron chi connectivity index (χ3n) is 5.31. The van der Waals surface area contributed by atoms with Crippen LogP contribution >= 0.6 is 0 Å². The van der Waals surface area contributed by atoms with Crippen molar-refractivity contribution in [3.63, 3.8) is 0 Å². The summed E-state index contributed by atoms with van der Waals surface area (Å²) in [6, 6.07) is 15.9. The summed E-state index contributed by atoms with van der Waals surface area (Å²) in [5.41, 5.74) is 5.25. The number of rotatable bonds is 6. The Morgan fingerprint density at radius 1 is 1.10 bits per heavy atom. The van der Waals surface area contributed by atoms with E-state index in [2.05, 4.69) is 12.0 Å². The van der Waals surface area contributed by atoms with Crippen molar-refractivity contribution in [2.24, 2.45) is 0 Å². The first kappa shape index (κ1) is 19.1. The summed E-state index contributed by atoms with van der Waals surface area (Å²) in [4.78, 5) is 14.5. The topological polar surface area (TPSA) is 56.6 Å². The van der Waals surface area contributed by atoms with Gasteiger partial charge >= 0.3 is 0 Å². The van der Waals surface area contributed by atoms with Crippen molar-refractivity contribution in [1.82, 2.24) is 14.7 Å². The van der Waals surface area contributed by atoms with Gasteiger partial charge in [-0.25, -0.2) is 4.68 Å². The summed E-state index contributed by atoms with van der Waals surface area (Å²) >= 11 is 0. The predicted molar refractivity (Wildman–Crippen MR) is 110 cm³/mol. The van der Waals surface area contributed by atoms with Gasteiger partial charge in [-0.1, -0.05) is 24.3 Å². The normalized spacial score (nSPS) is 12.2. The second-order valence-electron chi connectivity index (χ2n) is 7.33. The Labute approximate surface area is 170 Å². The summed E-state index contributed by atoms with van der Waals surface area (Å²) in [7, 11) is 1.83. The highest BCUT2D eigenvalue weighted by molar-refractivity contribution is 5.76. The van der Waals surface area contributed by atoms with Crippen LogP contribution in [0.4, 0.5) is 0 Å². The lowest BCUT2D eigenvalue weighted by molar-refractivity contribution is -0.130. The molecule has 6 heteroatoms. The number of nitrogens with zero attached hydrogens (tertiary/aromatic N) is 3. The van der Waals surface area contributed by atoms with E-state index in [1.54, 1.807) is 4.90 Å². The fraction of sp³-hybridized carbons (Fsp3) is 0.304. The number of fused-ring (bicyclic) bond motifs is 1. The predicted octanol–water partition coefficient (Wildman–Crippen LogP) is 3.81. The van der Waals surface area contributed by atoms with Gasteiger partial charge in [-0.05, 0) is 55.7 Å². The molecule has 0 bridgehead atoms. The SMILES string of the molecule is Cc1nn(-c2ccccc2)c(C)c1CCC(=O)N(C)Cc1ccc2c(c1)OCO2. The van der Waals surface area contributed by atoms with Gasteiger partial charge in [0, 0.05) is 25.7 Å². The fourth-order valence-electron chi connectivity index (χ4n) is 3.68. The first-order chi connectivity index (χ1) is 14.0. The van der Waals surface area contributed by atoms with Crippen molar-refractivity contribution in [2.75, 3.05) is 13.8 Å². The Balaban J connectivity index is 1.40. The van der Waals surface area contributed by atoms with E-state index in [0.717, 1.165) is 39.7 Å². The standard InChI is InChI=1S/C23H25N3O3/c1-16-20(17(2)26(24-16)19-7-5-4-6-8-19)10-12-23(27)25(3)14-18-9-11-21-22(13-18)29-15-28-21/h4-9,11,13H,10,12,14-15H2,1-3H3. The molecule has 0 N–H and O–H groups in total. The van der Waals surface area contributed by atoms with Crippen molar-refractivity contribution in [2.45, 2.75) is 33.2 Å². The average molecular weight is 391 g/mol. The number of carbonyl (C=O) groups is 1. The van der Waals surface area contributed by atoms with E-state index in [0.29, 0.717) is 19.4 Å². The largest absolute Gasteiger partial charge is 0.454 e. The maximum absolute atomic E-state index is 12.7. The van der Waals surface area contributed by atoms with Gasteiger partial charge in [-0.15, -0.1) is 0 Å². The van der Waals surface area contributed by atoms with Crippen LogP contribution in [0.2, 0.25) is 0 Å². The van der Waals surface area contributed by atoms with Crippen LogP contribution in [0, 0.1) is 13.8 Å². The Bertz CT molecular complexity index is 1030. The number of benzene rings is 2. The number of para-hydroxylation sites is 1. The molecule has 4 rings (SSSR count). The second-order valence-corrected chi connectivity index (χ2v) is 7.33. The zero-order valence-electron chi connectivity index (χ0n) is 17.0. The lowest BCUT2D eigenvalue weighted by atomic mass is 10.1. The molecule has 0 atom stereocenters. The molecular weight excluding hydrogens is 366 g/mol. The molecular formula is C23H25N3O3. The molecule has 2 heterocycles. The van der Waals surface area contributed by atoms with E-state index < -0.39 is 0 Å². The van der Waals surface area contributed by atoms with Crippen LogP contribution < -0.4 is 9.47 Å². The van der Waals surface area contributed by atoms with Crippen molar-refractivity contribution in [1.29, 1.82) is 0 Å². The number of hydrogen-bond acceptors (Lipinski definition) is 4. The van der Waals surface area contributed by atoms with Crippen molar-refractivity contribution >= 4 is 5.91 Å². The van der Waals surface area contributed by atoms with E-state index in [9.17, 15) is 4.79 Å². The minimum atomic E-state index is 0.105. The molecule has 1 amide bonds. The van der Waals surface area contributed by atoms with Crippen molar-refractivity contribution < 1.29 is 14.3 Å². The highest BCUT2D eigenvalue weighted by Gasteiger charge is 2.17.